The second kappa shape index (κ2) is 9.94. The number of aryl methyl sites for hydroxylation is 1. The summed E-state index contributed by atoms with van der Waals surface area (Å²) in [5.41, 5.74) is 2.47. The first-order valence-electron chi connectivity index (χ1n) is 10.3. The van der Waals surface area contributed by atoms with Gasteiger partial charge in [0.25, 0.3) is 0 Å². The highest BCUT2D eigenvalue weighted by molar-refractivity contribution is 7.99. The lowest BCUT2D eigenvalue weighted by Gasteiger charge is -2.11. The number of carbonyl (C=O) groups excluding carboxylic acids is 1. The second-order valence-electron chi connectivity index (χ2n) is 7.26. The maximum Gasteiger partial charge on any atom is 0.235 e. The Labute approximate surface area is 199 Å². The van der Waals surface area contributed by atoms with Crippen molar-refractivity contribution in [1.29, 1.82) is 5.26 Å². The van der Waals surface area contributed by atoms with Crippen molar-refractivity contribution in [1.82, 2.24) is 14.8 Å². The van der Waals surface area contributed by atoms with Gasteiger partial charge in [0.15, 0.2) is 11.0 Å². The summed E-state index contributed by atoms with van der Waals surface area (Å²) in [6.07, 6.45) is 4.12. The van der Waals surface area contributed by atoms with Crippen LogP contribution in [0, 0.1) is 11.3 Å². The number of hydrogen-bond donors (Lipinski definition) is 1. The molecule has 1 amide bonds. The summed E-state index contributed by atoms with van der Waals surface area (Å²) in [7, 11) is 1.59. The zero-order valence-corrected chi connectivity index (χ0v) is 20.2. The van der Waals surface area contributed by atoms with Crippen molar-refractivity contribution in [3.63, 3.8) is 0 Å². The van der Waals surface area contributed by atoms with Crippen molar-refractivity contribution in [3.8, 4) is 23.2 Å². The molecule has 0 atom stereocenters. The molecule has 1 aliphatic rings. The smallest absolute Gasteiger partial charge is 0.235 e. The standard InChI is InChI=1S/C22H22ClN5O2S2/c1-3-28-20(15-10-13(23)8-9-17(15)30-2)26-27-22(28)31-12-19(29)25-21-16(11-24)14-6-4-5-7-18(14)32-21/h8-10H,3-7,12H2,1-2H3,(H,25,29). The van der Waals surface area contributed by atoms with E-state index in [1.165, 1.54) is 28.0 Å². The Hall–Kier alpha value is -2.54. The molecule has 0 bridgehead atoms. The molecule has 0 unspecified atom stereocenters. The van der Waals surface area contributed by atoms with E-state index in [0.29, 0.717) is 38.9 Å². The molecule has 4 rings (SSSR count). The number of rotatable bonds is 7. The molecular weight excluding hydrogens is 466 g/mol. The van der Waals surface area contributed by atoms with E-state index in [1.807, 2.05) is 11.5 Å². The van der Waals surface area contributed by atoms with Gasteiger partial charge in [0.05, 0.1) is 24.0 Å². The van der Waals surface area contributed by atoms with Crippen LogP contribution in [0.25, 0.3) is 11.4 Å². The van der Waals surface area contributed by atoms with Crippen molar-refractivity contribution in [2.45, 2.75) is 44.3 Å². The summed E-state index contributed by atoms with van der Waals surface area (Å²) >= 11 is 9.01. The maximum absolute atomic E-state index is 12.7. The predicted octanol–water partition coefficient (Wildman–Crippen LogP) is 5.17. The number of anilines is 1. The normalized spacial score (nSPS) is 12.8. The van der Waals surface area contributed by atoms with Gasteiger partial charge < -0.3 is 14.6 Å². The van der Waals surface area contributed by atoms with Gasteiger partial charge in [-0.15, -0.1) is 21.5 Å². The Morgan fingerprint density at radius 3 is 2.94 bits per heavy atom. The molecule has 10 heteroatoms. The van der Waals surface area contributed by atoms with E-state index < -0.39 is 0 Å². The monoisotopic (exact) mass is 487 g/mol. The molecule has 1 aliphatic carbocycles. The molecule has 0 radical (unpaired) electrons. The van der Waals surface area contributed by atoms with Crippen LogP contribution in [0.5, 0.6) is 5.75 Å². The van der Waals surface area contributed by atoms with Crippen LogP contribution < -0.4 is 10.1 Å². The number of methoxy groups -OCH3 is 1. The summed E-state index contributed by atoms with van der Waals surface area (Å²) < 4.78 is 7.38. The van der Waals surface area contributed by atoms with E-state index in [4.69, 9.17) is 16.3 Å². The fourth-order valence-electron chi connectivity index (χ4n) is 3.80. The molecule has 0 spiro atoms. The number of halogens is 1. The summed E-state index contributed by atoms with van der Waals surface area (Å²) in [6.45, 7) is 2.61. The number of hydrogen-bond acceptors (Lipinski definition) is 7. The minimum Gasteiger partial charge on any atom is -0.496 e. The lowest BCUT2D eigenvalue weighted by Crippen LogP contribution is -2.14. The van der Waals surface area contributed by atoms with Crippen LogP contribution in [0.1, 0.15) is 35.8 Å². The van der Waals surface area contributed by atoms with E-state index in [9.17, 15) is 10.1 Å². The van der Waals surface area contributed by atoms with E-state index in [-0.39, 0.29) is 11.7 Å². The number of ether oxygens (including phenoxy) is 1. The predicted molar refractivity (Wildman–Crippen MR) is 128 cm³/mol. The highest BCUT2D eigenvalue weighted by atomic mass is 35.5. The summed E-state index contributed by atoms with van der Waals surface area (Å²) in [4.78, 5) is 13.9. The molecule has 1 N–H and O–H groups in total. The van der Waals surface area contributed by atoms with Crippen molar-refractivity contribution < 1.29 is 9.53 Å². The van der Waals surface area contributed by atoms with Crippen molar-refractivity contribution in [2.24, 2.45) is 0 Å². The molecule has 0 fully saturated rings. The fourth-order valence-corrected chi connectivity index (χ4v) is 6.03. The molecule has 1 aromatic carbocycles. The molecule has 2 heterocycles. The Balaban J connectivity index is 1.50. The number of nitriles is 1. The average Bonchev–Trinajstić information content (AvgIpc) is 3.37. The Morgan fingerprint density at radius 1 is 1.38 bits per heavy atom. The van der Waals surface area contributed by atoms with Crippen LogP contribution in [-0.4, -0.2) is 33.5 Å². The van der Waals surface area contributed by atoms with E-state index in [2.05, 4.69) is 21.6 Å². The van der Waals surface area contributed by atoms with Gasteiger partial charge in [-0.3, -0.25) is 4.79 Å². The third-order valence-electron chi connectivity index (χ3n) is 5.30. The number of nitrogens with zero attached hydrogens (tertiary/aromatic N) is 4. The first-order valence-corrected chi connectivity index (χ1v) is 12.5. The Morgan fingerprint density at radius 2 is 2.19 bits per heavy atom. The molecule has 166 valence electrons. The van der Waals surface area contributed by atoms with Crippen LogP contribution in [0.4, 0.5) is 5.00 Å². The van der Waals surface area contributed by atoms with Crippen molar-refractivity contribution in [2.75, 3.05) is 18.2 Å². The number of fused-ring (bicyclic) bond motifs is 1. The van der Waals surface area contributed by atoms with Crippen molar-refractivity contribution in [3.05, 3.63) is 39.2 Å². The third kappa shape index (κ3) is 4.49. The zero-order valence-electron chi connectivity index (χ0n) is 17.8. The number of thioether (sulfide) groups is 1. The van der Waals surface area contributed by atoms with Crippen molar-refractivity contribution >= 4 is 45.6 Å². The van der Waals surface area contributed by atoms with Gasteiger partial charge in [-0.05, 0) is 56.4 Å². The molecule has 7 nitrogen and oxygen atoms in total. The molecule has 32 heavy (non-hydrogen) atoms. The number of carbonyl (C=O) groups is 1. The molecule has 3 aromatic rings. The van der Waals surface area contributed by atoms with Crippen LogP contribution in [-0.2, 0) is 24.2 Å². The number of thiophene rings is 1. The zero-order chi connectivity index (χ0) is 22.7. The summed E-state index contributed by atoms with van der Waals surface area (Å²) in [6, 6.07) is 7.62. The first-order chi connectivity index (χ1) is 15.5. The molecule has 0 saturated heterocycles. The van der Waals surface area contributed by atoms with Gasteiger partial charge in [0.2, 0.25) is 5.91 Å². The van der Waals surface area contributed by atoms with Gasteiger partial charge in [-0.25, -0.2) is 0 Å². The highest BCUT2D eigenvalue weighted by Gasteiger charge is 2.22. The lowest BCUT2D eigenvalue weighted by molar-refractivity contribution is -0.113. The second-order valence-corrected chi connectivity index (χ2v) is 9.74. The number of aromatic nitrogens is 3. The highest BCUT2D eigenvalue weighted by Crippen LogP contribution is 2.38. The SMILES string of the molecule is CCn1c(SCC(=O)Nc2sc3c(c2C#N)CCCC3)nnc1-c1cc(Cl)ccc1OC. The third-order valence-corrected chi connectivity index (χ3v) is 7.71. The summed E-state index contributed by atoms with van der Waals surface area (Å²) in [5, 5.41) is 23.0. The van der Waals surface area contributed by atoms with E-state index in [0.717, 1.165) is 36.8 Å². The number of nitrogens with one attached hydrogen (secondary N) is 1. The molecular formula is C22H22ClN5O2S2. The molecule has 2 aromatic heterocycles. The van der Waals surface area contributed by atoms with Crippen LogP contribution in [0.3, 0.4) is 0 Å². The van der Waals surface area contributed by atoms with Gasteiger partial charge in [0, 0.05) is 16.4 Å². The Bertz CT molecular complexity index is 1200. The van der Waals surface area contributed by atoms with Crippen LogP contribution >= 0.6 is 34.7 Å². The van der Waals surface area contributed by atoms with Gasteiger partial charge >= 0.3 is 0 Å². The average molecular weight is 488 g/mol. The van der Waals surface area contributed by atoms with Crippen LogP contribution in [0.15, 0.2) is 23.4 Å². The largest absolute Gasteiger partial charge is 0.496 e. The lowest BCUT2D eigenvalue weighted by atomic mass is 9.96. The first kappa shape index (κ1) is 22.6. The topological polar surface area (TPSA) is 92.8 Å². The van der Waals surface area contributed by atoms with Gasteiger partial charge in [-0.1, -0.05) is 23.4 Å². The molecule has 0 saturated carbocycles. The van der Waals surface area contributed by atoms with E-state index >= 15 is 0 Å². The summed E-state index contributed by atoms with van der Waals surface area (Å²) in [5.74, 6) is 1.28. The van der Waals surface area contributed by atoms with E-state index in [1.54, 1.807) is 25.3 Å². The number of amides is 1. The minimum absolute atomic E-state index is 0.165. The van der Waals surface area contributed by atoms with Gasteiger partial charge in [0.1, 0.15) is 16.8 Å². The van der Waals surface area contributed by atoms with Crippen LogP contribution in [0.2, 0.25) is 5.02 Å². The Kier molecular flexibility index (Phi) is 7.04. The van der Waals surface area contributed by atoms with Gasteiger partial charge in [-0.2, -0.15) is 5.26 Å². The molecule has 0 aliphatic heterocycles. The quantitative estimate of drug-likeness (QED) is 0.462. The fraction of sp³-hybridized carbons (Fsp3) is 0.364. The maximum atomic E-state index is 12.7. The number of benzene rings is 1. The minimum atomic E-state index is -0.169.